The van der Waals surface area contributed by atoms with Crippen molar-refractivity contribution in [2.45, 2.75) is 45.3 Å². The monoisotopic (exact) mass is 395 g/mol. The third kappa shape index (κ3) is 7.13. The maximum absolute atomic E-state index is 11.5. The summed E-state index contributed by atoms with van der Waals surface area (Å²) >= 11 is 4.73. The molecule has 0 bridgehead atoms. The number of nitrogens with two attached hydrogens (primary N) is 1. The average Bonchev–Trinajstić information content (AvgIpc) is 2.13. The second kappa shape index (κ2) is 6.82. The molecule has 17 heavy (non-hydrogen) atoms. The fourth-order valence-corrected chi connectivity index (χ4v) is 2.13. The van der Waals surface area contributed by atoms with Gasteiger partial charge in [-0.2, -0.15) is 0 Å². The van der Waals surface area contributed by atoms with Gasteiger partial charge in [0.05, 0.1) is 0 Å². The summed E-state index contributed by atoms with van der Waals surface area (Å²) in [6.07, 6.45) is 0.516. The molecule has 0 aromatic heterocycles. The van der Waals surface area contributed by atoms with Crippen LogP contribution in [0.2, 0.25) is 0 Å². The molecular formula is C10H17IMnN2O3. The summed E-state index contributed by atoms with van der Waals surface area (Å²) in [5.74, 6) is -0.771. The van der Waals surface area contributed by atoms with Crippen LogP contribution in [0.4, 0.5) is 0 Å². The first-order chi connectivity index (χ1) is 7.63. The molecule has 0 spiro atoms. The first kappa shape index (κ1) is 17.0. The van der Waals surface area contributed by atoms with Gasteiger partial charge in [-0.3, -0.25) is 0 Å². The van der Waals surface area contributed by atoms with E-state index in [1.165, 1.54) is 5.11 Å². The Hall–Kier alpha value is 0.0195. The van der Waals surface area contributed by atoms with E-state index in [0.29, 0.717) is 6.42 Å². The predicted octanol–water partition coefficient (Wildman–Crippen LogP) is 1.51. The van der Waals surface area contributed by atoms with Crippen molar-refractivity contribution in [1.29, 1.82) is 0 Å². The van der Waals surface area contributed by atoms with Gasteiger partial charge in [-0.15, -0.1) is 0 Å². The topological polar surface area (TPSA) is 73.9 Å². The van der Waals surface area contributed by atoms with Crippen molar-refractivity contribution in [2.24, 2.45) is 8.94 Å². The Morgan fingerprint density at radius 3 is 2.35 bits per heavy atom. The van der Waals surface area contributed by atoms with Gasteiger partial charge < -0.3 is 0 Å². The molecule has 0 heterocycles. The van der Waals surface area contributed by atoms with E-state index in [2.05, 4.69) is 18.8 Å². The van der Waals surface area contributed by atoms with Crippen LogP contribution in [0, 0.1) is 0 Å². The molecule has 0 saturated heterocycles. The fourth-order valence-electron chi connectivity index (χ4n) is 1.56. The molecule has 5 nitrogen and oxygen atoms in total. The zero-order valence-electron chi connectivity index (χ0n) is 10.3. The second-order valence-electron chi connectivity index (χ2n) is 4.76. The van der Waals surface area contributed by atoms with E-state index in [1.54, 1.807) is 36.7 Å². The zero-order valence-corrected chi connectivity index (χ0v) is 13.6. The number of hydrogen-bond donors (Lipinski definition) is 1. The van der Waals surface area contributed by atoms with Crippen LogP contribution in [0.5, 0.6) is 0 Å². The van der Waals surface area contributed by atoms with Gasteiger partial charge in [0.1, 0.15) is 0 Å². The number of carbonyl (C=O) groups excluding carboxylic acids is 1. The number of nitrogens with zero attached hydrogens (tertiary/aromatic N) is 1. The second-order valence-corrected chi connectivity index (χ2v) is 5.52. The van der Waals surface area contributed by atoms with Crippen LogP contribution in [0.15, 0.2) is 3.21 Å². The molecule has 0 unspecified atom stereocenters. The minimum atomic E-state index is -0.692. The van der Waals surface area contributed by atoms with Crippen LogP contribution in [0.3, 0.4) is 0 Å². The molecule has 0 aliphatic carbocycles. The Morgan fingerprint density at radius 1 is 1.41 bits per heavy atom. The summed E-state index contributed by atoms with van der Waals surface area (Å²) in [5.41, 5.74) is 4.22. The Bertz CT molecular complexity index is 330. The molecule has 0 aromatic rings. The summed E-state index contributed by atoms with van der Waals surface area (Å²) in [6, 6.07) is 0. The standard InChI is InChI=1S/C10H17IN2O3.Mn/c1-9(2,15-5)6-10(3,4)16-8(14)7(12)13-11;/h5H,6H2,1-4H3,(H2,12,13);. The van der Waals surface area contributed by atoms with Crippen LogP contribution in [-0.2, 0) is 29.8 Å². The molecule has 0 aliphatic rings. The summed E-state index contributed by atoms with van der Waals surface area (Å²) in [5, 5.41) is 1.44. The van der Waals surface area contributed by atoms with Crippen molar-refractivity contribution in [3.05, 3.63) is 0 Å². The van der Waals surface area contributed by atoms with Gasteiger partial charge in [0, 0.05) is 0 Å². The molecule has 0 aliphatic heterocycles. The van der Waals surface area contributed by atoms with Crippen LogP contribution in [0.25, 0.3) is 0 Å². The Labute approximate surface area is 123 Å². The first-order valence-corrected chi connectivity index (χ1v) is 6.56. The first-order valence-electron chi connectivity index (χ1n) is 4.91. The van der Waals surface area contributed by atoms with Crippen molar-refractivity contribution in [3.63, 3.8) is 0 Å². The quantitative estimate of drug-likeness (QED) is 0.252. The summed E-state index contributed by atoms with van der Waals surface area (Å²) < 4.78 is 14.2. The molecule has 0 atom stereocenters. The van der Waals surface area contributed by atoms with E-state index >= 15 is 0 Å². The third-order valence-corrected chi connectivity index (χ3v) is 2.54. The van der Waals surface area contributed by atoms with E-state index in [1.807, 2.05) is 13.8 Å². The molecule has 0 amide bonds. The van der Waals surface area contributed by atoms with Crippen LogP contribution >= 0.6 is 22.9 Å². The van der Waals surface area contributed by atoms with Gasteiger partial charge >= 0.3 is 124 Å². The Balaban J connectivity index is 4.59. The van der Waals surface area contributed by atoms with E-state index in [9.17, 15) is 4.79 Å². The van der Waals surface area contributed by atoms with Crippen LogP contribution in [-0.4, -0.2) is 28.1 Å². The molecule has 0 aromatic carbocycles. The summed E-state index contributed by atoms with van der Waals surface area (Å²) in [4.78, 5) is 11.5. The Morgan fingerprint density at radius 2 is 1.94 bits per heavy atom. The van der Waals surface area contributed by atoms with Gasteiger partial charge in [0.15, 0.2) is 0 Å². The Kier molecular flexibility index (Phi) is 6.83. The van der Waals surface area contributed by atoms with Crippen LogP contribution in [0.1, 0.15) is 34.1 Å². The van der Waals surface area contributed by atoms with Crippen molar-refractivity contribution in [1.82, 2.24) is 0 Å². The maximum atomic E-state index is 11.5. The summed E-state index contributed by atoms with van der Waals surface area (Å²) in [6.45, 7) is 7.39. The van der Waals surface area contributed by atoms with E-state index in [4.69, 9.17) is 15.2 Å². The molecule has 0 radical (unpaired) electrons. The number of halogens is 1. The normalized spacial score (nSPS) is 13.4. The molecule has 2 N–H and O–H groups in total. The average molecular weight is 395 g/mol. The number of ether oxygens (including phenoxy) is 2. The van der Waals surface area contributed by atoms with Gasteiger partial charge in [0.2, 0.25) is 0 Å². The van der Waals surface area contributed by atoms with E-state index in [-0.39, 0.29) is 5.84 Å². The van der Waals surface area contributed by atoms with E-state index < -0.39 is 17.2 Å². The number of amidine groups is 1. The zero-order chi connectivity index (χ0) is 13.7. The number of hydrogen-bond acceptors (Lipinski definition) is 4. The number of carbonyl (C=O) groups is 1. The van der Waals surface area contributed by atoms with Gasteiger partial charge in [0.25, 0.3) is 0 Å². The molecule has 0 rings (SSSR count). The van der Waals surface area contributed by atoms with Crippen molar-refractivity contribution in [2.75, 3.05) is 0 Å². The number of esters is 1. The van der Waals surface area contributed by atoms with Gasteiger partial charge in [-0.25, -0.2) is 0 Å². The van der Waals surface area contributed by atoms with Gasteiger partial charge in [-0.1, -0.05) is 0 Å². The third-order valence-electron chi connectivity index (χ3n) is 1.88. The van der Waals surface area contributed by atoms with Crippen LogP contribution < -0.4 is 5.73 Å². The van der Waals surface area contributed by atoms with Crippen molar-refractivity contribution in [3.8, 4) is 0 Å². The minimum absolute atomic E-state index is 0.149. The van der Waals surface area contributed by atoms with Crippen molar-refractivity contribution < 1.29 is 29.8 Å². The molecule has 0 saturated carbocycles. The molecule has 7 heteroatoms. The number of rotatable bonds is 5. The summed E-state index contributed by atoms with van der Waals surface area (Å²) in [7, 11) is 0. The molecule has 99 valence electrons. The molecule has 0 fully saturated rings. The van der Waals surface area contributed by atoms with Crippen molar-refractivity contribution >= 4 is 39.8 Å². The van der Waals surface area contributed by atoms with E-state index in [0.717, 1.165) is 0 Å². The SMILES string of the molecule is CC(C)(CC(C)(C)OC(=O)C(N)=NI)O[CH]=[Mn]. The van der Waals surface area contributed by atoms with Gasteiger partial charge in [-0.05, 0) is 0 Å². The molecular weight excluding hydrogens is 378 g/mol. The fraction of sp³-hybridized carbons (Fsp3) is 0.700. The predicted molar refractivity (Wildman–Crippen MR) is 71.7 cm³/mol.